The molecule has 4 heteroatoms. The minimum absolute atomic E-state index is 0.393. The second-order valence-electron chi connectivity index (χ2n) is 4.57. The maximum atomic E-state index is 5.93. The molecule has 0 bridgehead atoms. The van der Waals surface area contributed by atoms with Gasteiger partial charge in [-0.2, -0.15) is 0 Å². The summed E-state index contributed by atoms with van der Waals surface area (Å²) in [6, 6.07) is 13.6. The average Bonchev–Trinajstić information content (AvgIpc) is 2.48. The Morgan fingerprint density at radius 2 is 2.05 bits per heavy atom. The van der Waals surface area contributed by atoms with Gasteiger partial charge in [0.25, 0.3) is 0 Å². The molecular formula is C16H15N3O. The molecule has 0 radical (unpaired) electrons. The van der Waals surface area contributed by atoms with Crippen LogP contribution in [0.15, 0.2) is 48.7 Å². The summed E-state index contributed by atoms with van der Waals surface area (Å²) in [4.78, 5) is 8.70. The molecule has 0 fully saturated rings. The number of aryl methyl sites for hydroxylation is 1. The highest BCUT2D eigenvalue weighted by molar-refractivity contribution is 5.84. The van der Waals surface area contributed by atoms with Crippen molar-refractivity contribution in [3.05, 3.63) is 60.0 Å². The summed E-state index contributed by atoms with van der Waals surface area (Å²) in [5.41, 5.74) is 8.21. The first-order valence-electron chi connectivity index (χ1n) is 6.45. The van der Waals surface area contributed by atoms with Crippen LogP contribution in [0.4, 0.5) is 0 Å². The predicted molar refractivity (Wildman–Crippen MR) is 78.7 cm³/mol. The molecule has 0 unspecified atom stereocenters. The van der Waals surface area contributed by atoms with E-state index < -0.39 is 0 Å². The van der Waals surface area contributed by atoms with Crippen LogP contribution in [-0.2, 0) is 6.54 Å². The van der Waals surface area contributed by atoms with E-state index in [1.165, 1.54) is 0 Å². The molecule has 100 valence electrons. The zero-order valence-electron chi connectivity index (χ0n) is 11.2. The number of rotatable bonds is 3. The third-order valence-electron chi connectivity index (χ3n) is 3.05. The molecule has 3 aromatic rings. The highest BCUT2D eigenvalue weighted by Crippen LogP contribution is 2.28. The summed E-state index contributed by atoms with van der Waals surface area (Å²) in [7, 11) is 0. The van der Waals surface area contributed by atoms with E-state index in [0.717, 1.165) is 33.8 Å². The number of benzene rings is 1. The van der Waals surface area contributed by atoms with Crippen molar-refractivity contribution in [1.29, 1.82) is 0 Å². The van der Waals surface area contributed by atoms with Gasteiger partial charge >= 0.3 is 0 Å². The fourth-order valence-electron chi connectivity index (χ4n) is 2.06. The first-order chi connectivity index (χ1) is 9.76. The second-order valence-corrected chi connectivity index (χ2v) is 4.57. The van der Waals surface area contributed by atoms with Crippen molar-refractivity contribution in [3.63, 3.8) is 0 Å². The van der Waals surface area contributed by atoms with Crippen molar-refractivity contribution in [2.45, 2.75) is 13.5 Å². The molecule has 3 rings (SSSR count). The van der Waals surface area contributed by atoms with Gasteiger partial charge in [-0.3, -0.25) is 4.98 Å². The summed E-state index contributed by atoms with van der Waals surface area (Å²) in [5.74, 6) is 1.46. The monoisotopic (exact) mass is 265 g/mol. The maximum Gasteiger partial charge on any atom is 0.153 e. The van der Waals surface area contributed by atoms with Crippen LogP contribution in [0.3, 0.4) is 0 Å². The Hall–Kier alpha value is -2.46. The van der Waals surface area contributed by atoms with Crippen LogP contribution < -0.4 is 10.5 Å². The van der Waals surface area contributed by atoms with Crippen LogP contribution in [0.1, 0.15) is 11.4 Å². The van der Waals surface area contributed by atoms with Crippen LogP contribution in [-0.4, -0.2) is 9.97 Å². The standard InChI is InChI=1S/C16H15N3O/c1-11-5-6-12-3-2-4-15(16(12)19-11)20-14-7-8-18-13(9-14)10-17/h2-9H,10,17H2,1H3. The molecule has 0 atom stereocenters. The van der Waals surface area contributed by atoms with Gasteiger partial charge in [-0.05, 0) is 25.1 Å². The van der Waals surface area contributed by atoms with E-state index in [1.807, 2.05) is 49.4 Å². The molecule has 0 spiro atoms. The number of aromatic nitrogens is 2. The molecule has 2 N–H and O–H groups in total. The molecule has 2 aromatic heterocycles. The Morgan fingerprint density at radius 1 is 1.15 bits per heavy atom. The third-order valence-corrected chi connectivity index (χ3v) is 3.05. The molecule has 0 aliphatic rings. The highest BCUT2D eigenvalue weighted by atomic mass is 16.5. The zero-order valence-corrected chi connectivity index (χ0v) is 11.2. The summed E-state index contributed by atoms with van der Waals surface area (Å²) < 4.78 is 5.93. The first-order valence-corrected chi connectivity index (χ1v) is 6.45. The Bertz CT molecular complexity index is 756. The number of para-hydroxylation sites is 1. The second kappa shape index (κ2) is 5.27. The zero-order chi connectivity index (χ0) is 13.9. The van der Waals surface area contributed by atoms with Crippen molar-refractivity contribution < 1.29 is 4.74 Å². The fourth-order valence-corrected chi connectivity index (χ4v) is 2.06. The van der Waals surface area contributed by atoms with Crippen molar-refractivity contribution in [2.75, 3.05) is 0 Å². The van der Waals surface area contributed by atoms with Gasteiger partial charge in [-0.15, -0.1) is 0 Å². The third kappa shape index (κ3) is 2.46. The molecule has 0 saturated heterocycles. The number of fused-ring (bicyclic) bond motifs is 1. The van der Waals surface area contributed by atoms with Gasteiger partial charge in [0, 0.05) is 29.9 Å². The van der Waals surface area contributed by atoms with Crippen LogP contribution in [0.25, 0.3) is 10.9 Å². The Labute approximate surface area is 117 Å². The van der Waals surface area contributed by atoms with Gasteiger partial charge in [0.05, 0.1) is 5.69 Å². The SMILES string of the molecule is Cc1ccc2cccc(Oc3ccnc(CN)c3)c2n1. The molecular weight excluding hydrogens is 250 g/mol. The Balaban J connectivity index is 2.03. The number of pyridine rings is 2. The van der Waals surface area contributed by atoms with E-state index >= 15 is 0 Å². The molecule has 2 heterocycles. The predicted octanol–water partition coefficient (Wildman–Crippen LogP) is 3.19. The van der Waals surface area contributed by atoms with Crippen molar-refractivity contribution in [3.8, 4) is 11.5 Å². The quantitative estimate of drug-likeness (QED) is 0.790. The fraction of sp³-hybridized carbons (Fsp3) is 0.125. The van der Waals surface area contributed by atoms with Gasteiger partial charge < -0.3 is 10.5 Å². The molecule has 20 heavy (non-hydrogen) atoms. The summed E-state index contributed by atoms with van der Waals surface area (Å²) in [6.45, 7) is 2.36. The lowest BCUT2D eigenvalue weighted by Crippen LogP contribution is -1.99. The van der Waals surface area contributed by atoms with Crippen LogP contribution in [0, 0.1) is 6.92 Å². The minimum atomic E-state index is 0.393. The van der Waals surface area contributed by atoms with Crippen LogP contribution in [0.2, 0.25) is 0 Å². The molecule has 0 saturated carbocycles. The Morgan fingerprint density at radius 3 is 2.90 bits per heavy atom. The van der Waals surface area contributed by atoms with E-state index in [2.05, 4.69) is 9.97 Å². The first kappa shape index (κ1) is 12.6. The molecule has 4 nitrogen and oxygen atoms in total. The maximum absolute atomic E-state index is 5.93. The van der Waals surface area contributed by atoms with Crippen molar-refractivity contribution in [1.82, 2.24) is 9.97 Å². The van der Waals surface area contributed by atoms with Crippen molar-refractivity contribution >= 4 is 10.9 Å². The summed E-state index contributed by atoms with van der Waals surface area (Å²) in [5, 5.41) is 1.06. The minimum Gasteiger partial charge on any atom is -0.455 e. The Kier molecular flexibility index (Phi) is 3.31. The van der Waals surface area contributed by atoms with E-state index in [-0.39, 0.29) is 0 Å². The van der Waals surface area contributed by atoms with Gasteiger partial charge in [-0.1, -0.05) is 18.2 Å². The topological polar surface area (TPSA) is 61.0 Å². The van der Waals surface area contributed by atoms with Gasteiger partial charge in [0.2, 0.25) is 0 Å². The van der Waals surface area contributed by atoms with Crippen LogP contribution in [0.5, 0.6) is 11.5 Å². The number of nitrogens with zero attached hydrogens (tertiary/aromatic N) is 2. The molecule has 0 aliphatic heterocycles. The molecule has 0 amide bonds. The lowest BCUT2D eigenvalue weighted by atomic mass is 10.2. The smallest absolute Gasteiger partial charge is 0.153 e. The number of ether oxygens (including phenoxy) is 1. The van der Waals surface area contributed by atoms with E-state index in [4.69, 9.17) is 10.5 Å². The lowest BCUT2D eigenvalue weighted by Gasteiger charge is -2.09. The molecule has 1 aromatic carbocycles. The number of hydrogen-bond donors (Lipinski definition) is 1. The van der Waals surface area contributed by atoms with Gasteiger partial charge in [0.1, 0.15) is 11.3 Å². The summed E-state index contributed by atoms with van der Waals surface area (Å²) in [6.07, 6.45) is 1.70. The normalized spacial score (nSPS) is 10.7. The van der Waals surface area contributed by atoms with Crippen molar-refractivity contribution in [2.24, 2.45) is 5.73 Å². The van der Waals surface area contributed by atoms with E-state index in [0.29, 0.717) is 6.54 Å². The average molecular weight is 265 g/mol. The summed E-state index contributed by atoms with van der Waals surface area (Å²) >= 11 is 0. The van der Waals surface area contributed by atoms with Gasteiger partial charge in [-0.25, -0.2) is 4.98 Å². The lowest BCUT2D eigenvalue weighted by molar-refractivity contribution is 0.485. The highest BCUT2D eigenvalue weighted by Gasteiger charge is 2.06. The van der Waals surface area contributed by atoms with Crippen LogP contribution >= 0.6 is 0 Å². The largest absolute Gasteiger partial charge is 0.455 e. The van der Waals surface area contributed by atoms with Gasteiger partial charge in [0.15, 0.2) is 5.75 Å². The number of hydrogen-bond acceptors (Lipinski definition) is 4. The molecule has 0 aliphatic carbocycles. The van der Waals surface area contributed by atoms with E-state index in [1.54, 1.807) is 6.20 Å². The van der Waals surface area contributed by atoms with E-state index in [9.17, 15) is 0 Å². The number of nitrogens with two attached hydrogens (primary N) is 1.